The number of anilines is 1. The molecule has 0 aromatic carbocycles. The van der Waals surface area contributed by atoms with Crippen LogP contribution in [0, 0.1) is 0 Å². The molecule has 0 fully saturated rings. The number of nitrogens with one attached hydrogen (secondary N) is 1. The van der Waals surface area contributed by atoms with Gasteiger partial charge in [0.05, 0.1) is 4.88 Å². The molecule has 1 aromatic heterocycles. The molecule has 1 rings (SSSR count). The van der Waals surface area contributed by atoms with Crippen LogP contribution in [-0.2, 0) is 0 Å². The Morgan fingerprint density at radius 2 is 2.06 bits per heavy atom. The second-order valence-corrected chi connectivity index (χ2v) is 7.01. The van der Waals surface area contributed by atoms with Crippen LogP contribution in [0.1, 0.15) is 32.6 Å². The van der Waals surface area contributed by atoms with Crippen molar-refractivity contribution in [2.24, 2.45) is 0 Å². The highest BCUT2D eigenvalue weighted by molar-refractivity contribution is 7.17. The molecule has 0 aliphatic heterocycles. The topological polar surface area (TPSA) is 28.2 Å². The smallest absolute Gasteiger partial charge is 0.186 e. The van der Waals surface area contributed by atoms with Gasteiger partial charge in [-0.15, -0.1) is 0 Å². The summed E-state index contributed by atoms with van der Waals surface area (Å²) in [5.41, 5.74) is 1.38. The van der Waals surface area contributed by atoms with Crippen molar-refractivity contribution in [1.82, 2.24) is 10.3 Å². The van der Waals surface area contributed by atoms with Crippen molar-refractivity contribution in [3.05, 3.63) is 15.6 Å². The average molecular weight is 288 g/mol. The highest BCUT2D eigenvalue weighted by Gasteiger charge is 2.11. The lowest BCUT2D eigenvalue weighted by Crippen LogP contribution is -2.36. The molecule has 5 heteroatoms. The maximum absolute atomic E-state index is 6.13. The van der Waals surface area contributed by atoms with Crippen molar-refractivity contribution in [2.75, 3.05) is 25.5 Å². The highest BCUT2D eigenvalue weighted by Crippen LogP contribution is 2.30. The molecule has 0 saturated carbocycles. The maximum Gasteiger partial charge on any atom is 0.186 e. The van der Waals surface area contributed by atoms with E-state index in [0.717, 1.165) is 16.6 Å². The summed E-state index contributed by atoms with van der Waals surface area (Å²) in [6.07, 6.45) is 2.10. The summed E-state index contributed by atoms with van der Waals surface area (Å²) in [5, 5.41) is 4.97. The third-order valence-electron chi connectivity index (χ3n) is 2.26. The summed E-state index contributed by atoms with van der Waals surface area (Å²) in [5.74, 6) is 0. The number of thiazole rings is 1. The van der Waals surface area contributed by atoms with Crippen molar-refractivity contribution >= 4 is 34.1 Å². The summed E-state index contributed by atoms with van der Waals surface area (Å²) in [7, 11) is 3.94. The zero-order valence-electron chi connectivity index (χ0n) is 12.0. The Balaban J connectivity index is 2.76. The Kier molecular flexibility index (Phi) is 5.20. The normalized spacial score (nSPS) is 12.9. The van der Waals surface area contributed by atoms with E-state index in [0.29, 0.717) is 5.15 Å². The molecule has 0 amide bonds. The number of hydrogen-bond acceptors (Lipinski definition) is 4. The van der Waals surface area contributed by atoms with E-state index >= 15 is 0 Å². The van der Waals surface area contributed by atoms with Gasteiger partial charge in [0, 0.05) is 26.2 Å². The van der Waals surface area contributed by atoms with E-state index in [9.17, 15) is 0 Å². The van der Waals surface area contributed by atoms with E-state index in [1.54, 1.807) is 11.3 Å². The molecule has 3 nitrogen and oxygen atoms in total. The number of halogens is 1. The van der Waals surface area contributed by atoms with Gasteiger partial charge in [-0.25, -0.2) is 4.98 Å². The van der Waals surface area contributed by atoms with Gasteiger partial charge in [-0.2, -0.15) is 0 Å². The summed E-state index contributed by atoms with van der Waals surface area (Å²) in [4.78, 5) is 7.31. The minimum Gasteiger partial charge on any atom is -0.354 e. The molecular formula is C13H22ClN3S. The molecule has 0 bridgehead atoms. The van der Waals surface area contributed by atoms with Gasteiger partial charge in [0.2, 0.25) is 0 Å². The maximum atomic E-state index is 6.13. The lowest BCUT2D eigenvalue weighted by Gasteiger charge is -2.20. The summed E-state index contributed by atoms with van der Waals surface area (Å²) >= 11 is 7.74. The van der Waals surface area contributed by atoms with Gasteiger partial charge in [-0.1, -0.05) is 28.5 Å². The fourth-order valence-electron chi connectivity index (χ4n) is 1.26. The highest BCUT2D eigenvalue weighted by atomic mass is 35.5. The molecular weight excluding hydrogens is 266 g/mol. The van der Waals surface area contributed by atoms with Crippen LogP contribution in [0.3, 0.4) is 0 Å². The van der Waals surface area contributed by atoms with Crippen LogP contribution in [0.2, 0.25) is 5.15 Å². The Morgan fingerprint density at radius 3 is 2.50 bits per heavy atom. The first-order chi connectivity index (χ1) is 8.19. The van der Waals surface area contributed by atoms with Crippen molar-refractivity contribution < 1.29 is 0 Å². The van der Waals surface area contributed by atoms with Crippen LogP contribution in [-0.4, -0.2) is 31.2 Å². The first-order valence-electron chi connectivity index (χ1n) is 5.95. The van der Waals surface area contributed by atoms with Crippen LogP contribution in [0.5, 0.6) is 0 Å². The van der Waals surface area contributed by atoms with Gasteiger partial charge in [0.25, 0.3) is 0 Å². The number of nitrogens with zero attached hydrogens (tertiary/aromatic N) is 2. The summed E-state index contributed by atoms with van der Waals surface area (Å²) < 4.78 is 0. The standard InChI is InChI=1S/C13H22ClN3S/c1-9(8-15-13(2,3)4)7-10-11(14)16-12(18-10)17(5)6/h7,15H,8H2,1-6H3. The second kappa shape index (κ2) is 6.04. The SMILES string of the molecule is CC(=Cc1sc(N(C)C)nc1Cl)CNC(C)(C)C. The molecule has 1 heterocycles. The molecule has 1 aromatic rings. The summed E-state index contributed by atoms with van der Waals surface area (Å²) in [6, 6.07) is 0. The van der Waals surface area contributed by atoms with E-state index in [1.165, 1.54) is 5.57 Å². The van der Waals surface area contributed by atoms with Crippen LogP contribution in [0.4, 0.5) is 5.13 Å². The van der Waals surface area contributed by atoms with E-state index in [4.69, 9.17) is 11.6 Å². The molecule has 0 aliphatic rings. The van der Waals surface area contributed by atoms with Crippen molar-refractivity contribution in [1.29, 1.82) is 0 Å². The van der Waals surface area contributed by atoms with E-state index in [2.05, 4.69) is 44.1 Å². The lowest BCUT2D eigenvalue weighted by atomic mass is 10.1. The Hall–Kier alpha value is -0.580. The summed E-state index contributed by atoms with van der Waals surface area (Å²) in [6.45, 7) is 9.43. The van der Waals surface area contributed by atoms with Gasteiger partial charge >= 0.3 is 0 Å². The van der Waals surface area contributed by atoms with Crippen LogP contribution < -0.4 is 10.2 Å². The van der Waals surface area contributed by atoms with Gasteiger partial charge in [0.1, 0.15) is 5.15 Å². The minimum absolute atomic E-state index is 0.126. The monoisotopic (exact) mass is 287 g/mol. The predicted molar refractivity (Wildman–Crippen MR) is 82.9 cm³/mol. The quantitative estimate of drug-likeness (QED) is 0.916. The molecule has 0 unspecified atom stereocenters. The molecule has 0 atom stereocenters. The van der Waals surface area contributed by atoms with Crippen LogP contribution >= 0.6 is 22.9 Å². The zero-order chi connectivity index (χ0) is 13.9. The second-order valence-electron chi connectivity index (χ2n) is 5.64. The third kappa shape index (κ3) is 4.96. The number of rotatable bonds is 4. The Morgan fingerprint density at radius 1 is 1.44 bits per heavy atom. The molecule has 0 aliphatic carbocycles. The van der Waals surface area contributed by atoms with Crippen LogP contribution in [0.15, 0.2) is 5.57 Å². The van der Waals surface area contributed by atoms with Crippen LogP contribution in [0.25, 0.3) is 6.08 Å². The van der Waals surface area contributed by atoms with E-state index in [-0.39, 0.29) is 5.54 Å². The van der Waals surface area contributed by atoms with Gasteiger partial charge < -0.3 is 10.2 Å². The lowest BCUT2D eigenvalue weighted by molar-refractivity contribution is 0.445. The molecule has 0 spiro atoms. The Labute approximate surface area is 119 Å². The molecule has 0 radical (unpaired) electrons. The molecule has 102 valence electrons. The van der Waals surface area contributed by atoms with Gasteiger partial charge in [0.15, 0.2) is 5.13 Å². The van der Waals surface area contributed by atoms with Crippen molar-refractivity contribution in [2.45, 2.75) is 33.2 Å². The Bertz CT molecular complexity index is 430. The minimum atomic E-state index is 0.126. The number of hydrogen-bond donors (Lipinski definition) is 1. The average Bonchev–Trinajstić information content (AvgIpc) is 2.57. The van der Waals surface area contributed by atoms with E-state index in [1.807, 2.05) is 19.0 Å². The zero-order valence-corrected chi connectivity index (χ0v) is 13.5. The molecule has 0 saturated heterocycles. The van der Waals surface area contributed by atoms with Crippen molar-refractivity contribution in [3.63, 3.8) is 0 Å². The fourth-order valence-corrected chi connectivity index (χ4v) is 2.47. The van der Waals surface area contributed by atoms with Crippen molar-refractivity contribution in [3.8, 4) is 0 Å². The third-order valence-corrected chi connectivity index (χ3v) is 3.83. The first kappa shape index (κ1) is 15.5. The largest absolute Gasteiger partial charge is 0.354 e. The molecule has 18 heavy (non-hydrogen) atoms. The van der Waals surface area contributed by atoms with Gasteiger partial charge in [-0.3, -0.25) is 0 Å². The van der Waals surface area contributed by atoms with E-state index < -0.39 is 0 Å². The fraction of sp³-hybridized carbons (Fsp3) is 0.615. The predicted octanol–water partition coefficient (Wildman–Crippen LogP) is 3.65. The van der Waals surface area contributed by atoms with Gasteiger partial charge in [-0.05, 0) is 33.8 Å². The number of aromatic nitrogens is 1. The molecule has 1 N–H and O–H groups in total. The first-order valence-corrected chi connectivity index (χ1v) is 7.14.